The van der Waals surface area contributed by atoms with E-state index in [-0.39, 0.29) is 11.5 Å². The number of anilines is 1. The second-order valence-electron chi connectivity index (χ2n) is 8.42. The Labute approximate surface area is 205 Å². The first-order valence-electron chi connectivity index (χ1n) is 11.3. The number of carbonyl (C=O) groups is 2. The van der Waals surface area contributed by atoms with Gasteiger partial charge >= 0.3 is 0 Å². The number of carbonyl (C=O) groups excluding carboxylic acids is 2. The van der Waals surface area contributed by atoms with Gasteiger partial charge in [0.25, 0.3) is 5.91 Å². The molecule has 35 heavy (non-hydrogen) atoms. The minimum absolute atomic E-state index is 0.0823. The zero-order valence-electron chi connectivity index (χ0n) is 19.4. The third-order valence-electron chi connectivity index (χ3n) is 6.01. The van der Waals surface area contributed by atoms with Crippen molar-refractivity contribution in [3.05, 3.63) is 87.8 Å². The highest BCUT2D eigenvalue weighted by molar-refractivity contribution is 7.18. The van der Waals surface area contributed by atoms with Crippen molar-refractivity contribution in [3.63, 3.8) is 0 Å². The number of nitrogens with one attached hydrogen (secondary N) is 1. The van der Waals surface area contributed by atoms with E-state index in [1.807, 2.05) is 56.3 Å². The molecule has 0 radical (unpaired) electrons. The molecule has 0 aliphatic carbocycles. The van der Waals surface area contributed by atoms with Gasteiger partial charge in [-0.3, -0.25) is 9.59 Å². The summed E-state index contributed by atoms with van der Waals surface area (Å²) in [5.41, 5.74) is 11.6. The second kappa shape index (κ2) is 9.27. The Bertz CT molecular complexity index is 1540. The van der Waals surface area contributed by atoms with E-state index in [1.165, 1.54) is 10.9 Å². The third-order valence-corrected chi connectivity index (χ3v) is 7.04. The van der Waals surface area contributed by atoms with E-state index in [0.717, 1.165) is 45.1 Å². The van der Waals surface area contributed by atoms with Gasteiger partial charge in [-0.2, -0.15) is 5.10 Å². The summed E-state index contributed by atoms with van der Waals surface area (Å²) in [7, 11) is 0. The van der Waals surface area contributed by atoms with Crippen LogP contribution in [0.2, 0.25) is 0 Å². The van der Waals surface area contributed by atoms with Gasteiger partial charge in [0.1, 0.15) is 5.56 Å². The summed E-state index contributed by atoms with van der Waals surface area (Å²) in [4.78, 5) is 33.4. The number of para-hydroxylation sites is 1. The Morgan fingerprint density at radius 3 is 2.57 bits per heavy atom. The van der Waals surface area contributed by atoms with Crippen molar-refractivity contribution in [2.75, 3.05) is 5.32 Å². The molecule has 2 aromatic carbocycles. The molecule has 8 nitrogen and oxygen atoms in total. The number of aromatic nitrogens is 4. The van der Waals surface area contributed by atoms with Crippen LogP contribution in [0.5, 0.6) is 0 Å². The van der Waals surface area contributed by atoms with Gasteiger partial charge in [-0.05, 0) is 55.7 Å². The summed E-state index contributed by atoms with van der Waals surface area (Å²) >= 11 is 1.70. The maximum absolute atomic E-state index is 12.6. The van der Waals surface area contributed by atoms with Gasteiger partial charge in [0.05, 0.1) is 21.4 Å². The molecule has 0 aliphatic rings. The predicted octanol–water partition coefficient (Wildman–Crippen LogP) is 4.22. The molecule has 0 fully saturated rings. The highest BCUT2D eigenvalue weighted by Gasteiger charge is 2.17. The zero-order valence-corrected chi connectivity index (χ0v) is 20.2. The van der Waals surface area contributed by atoms with Crippen LogP contribution in [0.3, 0.4) is 0 Å². The number of benzene rings is 2. The number of nitrogens with zero attached hydrogens (tertiary/aromatic N) is 4. The normalized spacial score (nSPS) is 11.3. The van der Waals surface area contributed by atoms with Gasteiger partial charge in [0, 0.05) is 29.9 Å². The van der Waals surface area contributed by atoms with Crippen molar-refractivity contribution in [1.82, 2.24) is 19.6 Å². The molecule has 176 valence electrons. The molecule has 3 heterocycles. The SMILES string of the molecule is Cc1nc2c(C(N)=O)cnn2c(C)c1CCC(=O)Nc1ccc(Cc2nc3ccccc3s2)cc1. The van der Waals surface area contributed by atoms with Crippen LogP contribution in [0.1, 0.15) is 44.3 Å². The van der Waals surface area contributed by atoms with Crippen LogP contribution in [-0.2, 0) is 17.6 Å². The lowest BCUT2D eigenvalue weighted by atomic mass is 10.1. The first kappa shape index (κ1) is 22.7. The summed E-state index contributed by atoms with van der Waals surface area (Å²) in [5, 5.41) is 8.27. The Kier molecular flexibility index (Phi) is 6.00. The molecule has 0 atom stereocenters. The third kappa shape index (κ3) is 4.63. The minimum atomic E-state index is -0.565. The number of thiazole rings is 1. The lowest BCUT2D eigenvalue weighted by molar-refractivity contribution is -0.116. The molecule has 5 aromatic rings. The van der Waals surface area contributed by atoms with E-state index < -0.39 is 5.91 Å². The number of aryl methyl sites for hydroxylation is 2. The van der Waals surface area contributed by atoms with E-state index in [1.54, 1.807) is 15.9 Å². The lowest BCUT2D eigenvalue weighted by Gasteiger charge is -2.12. The minimum Gasteiger partial charge on any atom is -0.365 e. The summed E-state index contributed by atoms with van der Waals surface area (Å²) in [5.74, 6) is -0.648. The molecule has 9 heteroatoms. The van der Waals surface area contributed by atoms with Gasteiger partial charge in [0.2, 0.25) is 5.91 Å². The van der Waals surface area contributed by atoms with Crippen molar-refractivity contribution < 1.29 is 9.59 Å². The fourth-order valence-corrected chi connectivity index (χ4v) is 5.19. The smallest absolute Gasteiger partial charge is 0.254 e. The number of hydrogen-bond donors (Lipinski definition) is 2. The molecule has 0 aliphatic heterocycles. The van der Waals surface area contributed by atoms with Crippen molar-refractivity contribution in [2.24, 2.45) is 5.73 Å². The predicted molar refractivity (Wildman–Crippen MR) is 137 cm³/mol. The van der Waals surface area contributed by atoms with E-state index in [9.17, 15) is 9.59 Å². The van der Waals surface area contributed by atoms with Crippen molar-refractivity contribution in [3.8, 4) is 0 Å². The molecular weight excluding hydrogens is 460 g/mol. The molecule has 2 amide bonds. The van der Waals surface area contributed by atoms with E-state index >= 15 is 0 Å². The first-order valence-corrected chi connectivity index (χ1v) is 12.1. The van der Waals surface area contributed by atoms with Crippen LogP contribution in [0.4, 0.5) is 5.69 Å². The number of primary amides is 1. The monoisotopic (exact) mass is 484 g/mol. The van der Waals surface area contributed by atoms with Gasteiger partial charge in [-0.25, -0.2) is 14.5 Å². The number of amides is 2. The molecule has 3 N–H and O–H groups in total. The molecule has 0 unspecified atom stereocenters. The Morgan fingerprint density at radius 2 is 1.83 bits per heavy atom. The molecule has 5 rings (SSSR count). The largest absolute Gasteiger partial charge is 0.365 e. The highest BCUT2D eigenvalue weighted by atomic mass is 32.1. The van der Waals surface area contributed by atoms with Crippen LogP contribution in [-0.4, -0.2) is 31.4 Å². The molecule has 0 bridgehead atoms. The van der Waals surface area contributed by atoms with Crippen molar-refractivity contribution in [2.45, 2.75) is 33.1 Å². The van der Waals surface area contributed by atoms with Crippen molar-refractivity contribution >= 4 is 44.7 Å². The van der Waals surface area contributed by atoms with Crippen LogP contribution in [0.15, 0.2) is 54.7 Å². The number of rotatable bonds is 7. The fourth-order valence-electron chi connectivity index (χ4n) is 4.18. The zero-order chi connectivity index (χ0) is 24.5. The number of nitrogens with two attached hydrogens (primary N) is 1. The van der Waals surface area contributed by atoms with Crippen LogP contribution < -0.4 is 11.1 Å². The molecule has 3 aromatic heterocycles. The number of fused-ring (bicyclic) bond motifs is 2. The molecule has 0 spiro atoms. The van der Waals surface area contributed by atoms with E-state index in [4.69, 9.17) is 5.73 Å². The number of hydrogen-bond acceptors (Lipinski definition) is 6. The van der Waals surface area contributed by atoms with Crippen LogP contribution in [0.25, 0.3) is 15.9 Å². The van der Waals surface area contributed by atoms with Crippen molar-refractivity contribution in [1.29, 1.82) is 0 Å². The molecule has 0 saturated carbocycles. The van der Waals surface area contributed by atoms with E-state index in [2.05, 4.69) is 26.4 Å². The summed E-state index contributed by atoms with van der Waals surface area (Å²) in [6.07, 6.45) is 2.99. The lowest BCUT2D eigenvalue weighted by Crippen LogP contribution is -2.15. The first-order chi connectivity index (χ1) is 16.9. The fraction of sp³-hybridized carbons (Fsp3) is 0.192. The Balaban J connectivity index is 1.22. The maximum atomic E-state index is 12.6. The summed E-state index contributed by atoms with van der Waals surface area (Å²) in [6.45, 7) is 3.76. The van der Waals surface area contributed by atoms with Gasteiger partial charge < -0.3 is 11.1 Å². The Hall–Kier alpha value is -4.11. The van der Waals surface area contributed by atoms with Gasteiger partial charge in [-0.1, -0.05) is 24.3 Å². The molecular formula is C26H24N6O2S. The summed E-state index contributed by atoms with van der Waals surface area (Å²) < 4.78 is 2.79. The summed E-state index contributed by atoms with van der Waals surface area (Å²) in [6, 6.07) is 16.0. The maximum Gasteiger partial charge on any atom is 0.254 e. The average molecular weight is 485 g/mol. The van der Waals surface area contributed by atoms with E-state index in [0.29, 0.717) is 18.5 Å². The second-order valence-corrected chi connectivity index (χ2v) is 9.53. The quantitative estimate of drug-likeness (QED) is 0.359. The van der Waals surface area contributed by atoms with Gasteiger partial charge in [0.15, 0.2) is 5.65 Å². The molecule has 0 saturated heterocycles. The highest BCUT2D eigenvalue weighted by Crippen LogP contribution is 2.24. The van der Waals surface area contributed by atoms with Gasteiger partial charge in [-0.15, -0.1) is 11.3 Å². The standard InChI is InChI=1S/C26H24N6O2S/c1-15-19(16(2)32-26(29-15)20(14-28-32)25(27)34)11-12-23(33)30-18-9-7-17(8-10-18)13-24-31-21-5-3-4-6-22(21)35-24/h3-10,14H,11-13H2,1-2H3,(H2,27,34)(H,30,33). The topological polar surface area (TPSA) is 115 Å². The van der Waals surface area contributed by atoms with Crippen LogP contribution >= 0.6 is 11.3 Å². The Morgan fingerprint density at radius 1 is 1.06 bits per heavy atom. The average Bonchev–Trinajstić information content (AvgIpc) is 3.44. The van der Waals surface area contributed by atoms with Crippen LogP contribution in [0, 0.1) is 13.8 Å².